The van der Waals surface area contributed by atoms with Gasteiger partial charge in [0.1, 0.15) is 0 Å². The Balaban J connectivity index is 1.29. The number of hydrogen-bond donors (Lipinski definition) is 2. The fourth-order valence-electron chi connectivity index (χ4n) is 7.30. The minimum atomic E-state index is -0.483. The average molecular weight is 564 g/mol. The van der Waals surface area contributed by atoms with Gasteiger partial charge in [0.05, 0.1) is 32.8 Å². The predicted molar refractivity (Wildman–Crippen MR) is 155 cm³/mol. The summed E-state index contributed by atoms with van der Waals surface area (Å²) in [6.07, 6.45) is 0.842. The van der Waals surface area contributed by atoms with Gasteiger partial charge in [-0.15, -0.1) is 0 Å². The molecule has 2 aliphatic heterocycles. The lowest BCUT2D eigenvalue weighted by atomic mass is 9.65. The van der Waals surface area contributed by atoms with Gasteiger partial charge in [-0.2, -0.15) is 0 Å². The second-order valence-corrected chi connectivity index (χ2v) is 11.2. The number of anilines is 1. The maximum atomic E-state index is 13.5. The fourth-order valence-corrected chi connectivity index (χ4v) is 7.30. The Labute approximate surface area is 242 Å². The Morgan fingerprint density at radius 3 is 2.33 bits per heavy atom. The first-order valence-electron chi connectivity index (χ1n) is 14.1. The molecule has 4 aromatic carbocycles. The summed E-state index contributed by atoms with van der Waals surface area (Å²) in [6, 6.07) is 22.2. The van der Waals surface area contributed by atoms with Crippen LogP contribution in [0.4, 0.5) is 5.69 Å². The van der Waals surface area contributed by atoms with Gasteiger partial charge in [0.2, 0.25) is 12.5 Å². The van der Waals surface area contributed by atoms with Crippen molar-refractivity contribution in [2.24, 2.45) is 11.8 Å². The SMILES string of the molecule is COc1cc([C@@H]2c3cc4c(cc3[C@@H](Nc3cccc5c3Cc3ccccc3-5)[C@H]3COC(=O)[C@H]23)OCO4)cc(OC)c1O. The number of methoxy groups -OCH3 is 2. The van der Waals surface area contributed by atoms with E-state index in [0.29, 0.717) is 11.5 Å². The van der Waals surface area contributed by atoms with Crippen LogP contribution in [0.15, 0.2) is 66.7 Å². The molecule has 1 saturated heterocycles. The smallest absolute Gasteiger partial charge is 0.310 e. The van der Waals surface area contributed by atoms with Crippen LogP contribution in [0.5, 0.6) is 28.7 Å². The zero-order chi connectivity index (χ0) is 28.5. The molecule has 42 heavy (non-hydrogen) atoms. The molecule has 0 unspecified atom stereocenters. The van der Waals surface area contributed by atoms with Gasteiger partial charge in [-0.3, -0.25) is 4.79 Å². The molecule has 8 heteroatoms. The highest BCUT2D eigenvalue weighted by Crippen LogP contribution is 2.56. The molecule has 8 nitrogen and oxygen atoms in total. The molecule has 2 heterocycles. The molecule has 8 rings (SSSR count). The number of aromatic hydroxyl groups is 1. The lowest BCUT2D eigenvalue weighted by molar-refractivity contribution is -0.141. The Morgan fingerprint density at radius 2 is 1.57 bits per heavy atom. The molecule has 0 radical (unpaired) electrons. The summed E-state index contributed by atoms with van der Waals surface area (Å²) in [5, 5.41) is 14.5. The third-order valence-corrected chi connectivity index (χ3v) is 9.21. The highest BCUT2D eigenvalue weighted by Gasteiger charge is 2.53. The van der Waals surface area contributed by atoms with Gasteiger partial charge in [0.25, 0.3) is 0 Å². The number of benzene rings is 4. The van der Waals surface area contributed by atoms with Crippen molar-refractivity contribution >= 4 is 11.7 Å². The minimum absolute atomic E-state index is 0.0884. The van der Waals surface area contributed by atoms with E-state index in [0.717, 1.165) is 28.8 Å². The maximum Gasteiger partial charge on any atom is 0.310 e. The van der Waals surface area contributed by atoms with Gasteiger partial charge >= 0.3 is 5.97 Å². The molecular weight excluding hydrogens is 534 g/mol. The number of nitrogens with one attached hydrogen (secondary N) is 1. The molecule has 2 N–H and O–H groups in total. The van der Waals surface area contributed by atoms with Crippen LogP contribution in [0.2, 0.25) is 0 Å². The van der Waals surface area contributed by atoms with Crippen LogP contribution in [0.3, 0.4) is 0 Å². The van der Waals surface area contributed by atoms with Crippen LogP contribution in [0, 0.1) is 11.8 Å². The van der Waals surface area contributed by atoms with Crippen molar-refractivity contribution in [1.29, 1.82) is 0 Å². The standard InChI is InChI=1S/C34H29NO7/c1-38-28-11-18(12-29(39-2)33(28)36)30-22-13-26-27(42-16-41-26)14-23(22)32(24-15-40-34(37)31(24)30)35-25-9-5-8-20-19-7-4-3-6-17(19)10-21(20)25/h3-9,11-14,24,30-32,35-36H,10,15-16H2,1-2H3/t24-,30+,31-,32+/m0/s1. The molecule has 0 aromatic heterocycles. The van der Waals surface area contributed by atoms with E-state index in [4.69, 9.17) is 23.7 Å². The summed E-state index contributed by atoms with van der Waals surface area (Å²) < 4.78 is 28.4. The van der Waals surface area contributed by atoms with Gasteiger partial charge in [0, 0.05) is 23.9 Å². The Hall–Kier alpha value is -4.85. The first kappa shape index (κ1) is 24.9. The number of ether oxygens (including phenoxy) is 5. The summed E-state index contributed by atoms with van der Waals surface area (Å²) in [4.78, 5) is 13.5. The number of fused-ring (bicyclic) bond motifs is 6. The maximum absolute atomic E-state index is 13.5. The second kappa shape index (κ2) is 9.34. The van der Waals surface area contributed by atoms with Crippen molar-refractivity contribution in [3.63, 3.8) is 0 Å². The quantitative estimate of drug-likeness (QED) is 0.259. The second-order valence-electron chi connectivity index (χ2n) is 11.2. The molecule has 4 aromatic rings. The van der Waals surface area contributed by atoms with Crippen molar-refractivity contribution in [1.82, 2.24) is 0 Å². The summed E-state index contributed by atoms with van der Waals surface area (Å²) >= 11 is 0. The van der Waals surface area contributed by atoms with E-state index < -0.39 is 5.92 Å². The highest BCUT2D eigenvalue weighted by molar-refractivity contribution is 5.83. The molecule has 4 aliphatic rings. The van der Waals surface area contributed by atoms with Crippen LogP contribution in [-0.4, -0.2) is 38.7 Å². The van der Waals surface area contributed by atoms with Crippen molar-refractivity contribution in [2.45, 2.75) is 18.4 Å². The number of phenols is 1. The summed E-state index contributed by atoms with van der Waals surface area (Å²) in [7, 11) is 2.99. The highest BCUT2D eigenvalue weighted by atomic mass is 16.7. The largest absolute Gasteiger partial charge is 0.502 e. The van der Waals surface area contributed by atoms with Crippen LogP contribution in [-0.2, 0) is 16.0 Å². The van der Waals surface area contributed by atoms with Gasteiger partial charge in [-0.25, -0.2) is 0 Å². The molecule has 0 bridgehead atoms. The minimum Gasteiger partial charge on any atom is -0.502 e. The van der Waals surface area contributed by atoms with Crippen molar-refractivity contribution in [3.05, 3.63) is 94.5 Å². The summed E-state index contributed by atoms with van der Waals surface area (Å²) in [5.41, 5.74) is 8.82. The lowest BCUT2D eigenvalue weighted by Gasteiger charge is -2.40. The number of carbonyl (C=O) groups is 1. The van der Waals surface area contributed by atoms with E-state index in [1.54, 1.807) is 12.1 Å². The molecule has 0 spiro atoms. The monoisotopic (exact) mass is 563 g/mol. The zero-order valence-corrected chi connectivity index (χ0v) is 23.2. The van der Waals surface area contributed by atoms with Gasteiger partial charge in [0.15, 0.2) is 23.0 Å². The zero-order valence-electron chi connectivity index (χ0n) is 23.2. The Bertz CT molecular complexity index is 1740. The van der Waals surface area contributed by atoms with Crippen molar-refractivity contribution in [3.8, 4) is 39.9 Å². The number of carbonyl (C=O) groups excluding carboxylic acids is 1. The van der Waals surface area contributed by atoms with Crippen molar-refractivity contribution in [2.75, 3.05) is 32.9 Å². The first-order chi connectivity index (χ1) is 20.6. The first-order valence-corrected chi connectivity index (χ1v) is 14.1. The summed E-state index contributed by atoms with van der Waals surface area (Å²) in [5.74, 6) is 0.478. The number of cyclic esters (lactones) is 1. The molecule has 212 valence electrons. The average Bonchev–Trinajstić information content (AvgIpc) is 3.74. The molecule has 0 saturated carbocycles. The van der Waals surface area contributed by atoms with Crippen LogP contribution in [0.1, 0.15) is 39.8 Å². The fraction of sp³-hybridized carbons (Fsp3) is 0.265. The van der Waals surface area contributed by atoms with E-state index in [9.17, 15) is 9.90 Å². The Kier molecular flexibility index (Phi) is 5.54. The van der Waals surface area contributed by atoms with E-state index in [-0.39, 0.29) is 54.5 Å². The number of phenolic OH excluding ortho intramolecular Hbond substituents is 1. The number of hydrogen-bond acceptors (Lipinski definition) is 8. The topological polar surface area (TPSA) is 95.5 Å². The number of esters is 1. The van der Waals surface area contributed by atoms with Crippen LogP contribution >= 0.6 is 0 Å². The van der Waals surface area contributed by atoms with Crippen LogP contribution in [0.25, 0.3) is 11.1 Å². The Morgan fingerprint density at radius 1 is 0.857 bits per heavy atom. The van der Waals surface area contributed by atoms with Gasteiger partial charge < -0.3 is 34.1 Å². The lowest BCUT2D eigenvalue weighted by Crippen LogP contribution is -2.37. The third-order valence-electron chi connectivity index (χ3n) is 9.21. The van der Waals surface area contributed by atoms with E-state index in [2.05, 4.69) is 47.8 Å². The summed E-state index contributed by atoms with van der Waals surface area (Å²) in [6.45, 7) is 0.425. The molecule has 1 fully saturated rings. The van der Waals surface area contributed by atoms with Gasteiger partial charge in [-0.05, 0) is 69.3 Å². The molecular formula is C34H29NO7. The molecule has 2 aliphatic carbocycles. The van der Waals surface area contributed by atoms with E-state index in [1.807, 2.05) is 12.1 Å². The number of rotatable bonds is 5. The predicted octanol–water partition coefficient (Wildman–Crippen LogP) is 5.80. The normalized spacial score (nSPS) is 22.5. The van der Waals surface area contributed by atoms with E-state index >= 15 is 0 Å². The van der Waals surface area contributed by atoms with Gasteiger partial charge in [-0.1, -0.05) is 36.4 Å². The van der Waals surface area contributed by atoms with Crippen molar-refractivity contribution < 1.29 is 33.6 Å². The van der Waals surface area contributed by atoms with E-state index in [1.165, 1.54) is 36.5 Å². The molecule has 0 amide bonds. The third kappa shape index (κ3) is 3.57. The molecule has 4 atom stereocenters. The van der Waals surface area contributed by atoms with Crippen LogP contribution < -0.4 is 24.3 Å².